The van der Waals surface area contributed by atoms with Crippen molar-refractivity contribution < 1.29 is 9.53 Å². The summed E-state index contributed by atoms with van der Waals surface area (Å²) in [6.07, 6.45) is 9.07. The fourth-order valence-corrected chi connectivity index (χ4v) is 4.94. The molecule has 0 radical (unpaired) electrons. The Hall–Kier alpha value is -2.01. The number of carbonyl (C=O) groups excluding carboxylic acids is 1. The summed E-state index contributed by atoms with van der Waals surface area (Å²) in [5.41, 5.74) is 1.12. The van der Waals surface area contributed by atoms with E-state index < -0.39 is 0 Å². The van der Waals surface area contributed by atoms with E-state index in [4.69, 9.17) is 4.74 Å². The van der Waals surface area contributed by atoms with Crippen molar-refractivity contribution in [2.24, 2.45) is 5.92 Å². The van der Waals surface area contributed by atoms with Crippen LogP contribution < -0.4 is 10.1 Å². The van der Waals surface area contributed by atoms with Crippen molar-refractivity contribution in [3.05, 3.63) is 30.5 Å². The average Bonchev–Trinajstić information content (AvgIpc) is 3.14. The molecule has 2 fully saturated rings. The topological polar surface area (TPSA) is 46.5 Å². The first-order valence-electron chi connectivity index (χ1n) is 10.4. The van der Waals surface area contributed by atoms with Gasteiger partial charge in [-0.1, -0.05) is 12.5 Å². The highest BCUT2D eigenvalue weighted by Crippen LogP contribution is 2.30. The summed E-state index contributed by atoms with van der Waals surface area (Å²) in [6, 6.07) is 8.80. The predicted molar refractivity (Wildman–Crippen MR) is 108 cm³/mol. The molecule has 0 aliphatic carbocycles. The fourth-order valence-electron chi connectivity index (χ4n) is 4.94. The quantitative estimate of drug-likeness (QED) is 0.849. The van der Waals surface area contributed by atoms with E-state index in [2.05, 4.69) is 26.9 Å². The number of methoxy groups -OCH3 is 1. The predicted octanol–water partition coefficient (Wildman–Crippen LogP) is 3.42. The van der Waals surface area contributed by atoms with Gasteiger partial charge in [0, 0.05) is 37.1 Å². The summed E-state index contributed by atoms with van der Waals surface area (Å²) < 4.78 is 7.56. The number of ether oxygens (including phenoxy) is 1. The Kier molecular flexibility index (Phi) is 5.67. The van der Waals surface area contributed by atoms with Gasteiger partial charge in [-0.3, -0.25) is 4.79 Å². The van der Waals surface area contributed by atoms with Crippen LogP contribution in [0.3, 0.4) is 0 Å². The molecule has 5 nitrogen and oxygen atoms in total. The van der Waals surface area contributed by atoms with Crippen LogP contribution in [-0.4, -0.2) is 48.2 Å². The molecule has 1 aromatic heterocycles. The number of hydrogen-bond acceptors (Lipinski definition) is 3. The number of nitrogens with one attached hydrogen (secondary N) is 1. The van der Waals surface area contributed by atoms with E-state index in [0.717, 1.165) is 23.2 Å². The van der Waals surface area contributed by atoms with Crippen LogP contribution in [0.1, 0.15) is 38.5 Å². The second kappa shape index (κ2) is 8.34. The van der Waals surface area contributed by atoms with Gasteiger partial charge in [0.1, 0.15) is 5.75 Å². The molecule has 2 aromatic rings. The molecule has 5 heteroatoms. The van der Waals surface area contributed by atoms with Crippen molar-refractivity contribution in [1.29, 1.82) is 0 Å². The molecule has 2 saturated heterocycles. The molecule has 0 saturated carbocycles. The Labute approximate surface area is 161 Å². The molecule has 3 heterocycles. The van der Waals surface area contributed by atoms with Crippen LogP contribution in [0.4, 0.5) is 0 Å². The molecule has 0 bridgehead atoms. The Morgan fingerprint density at radius 3 is 2.96 bits per heavy atom. The normalized spacial score (nSPS) is 23.1. The van der Waals surface area contributed by atoms with Crippen molar-refractivity contribution in [3.8, 4) is 5.75 Å². The molecule has 2 aliphatic rings. The lowest BCUT2D eigenvalue weighted by molar-refractivity contribution is -0.121. The van der Waals surface area contributed by atoms with Crippen molar-refractivity contribution in [3.63, 3.8) is 0 Å². The van der Waals surface area contributed by atoms with Crippen LogP contribution in [0.25, 0.3) is 10.9 Å². The van der Waals surface area contributed by atoms with Gasteiger partial charge in [0.15, 0.2) is 0 Å². The van der Waals surface area contributed by atoms with Gasteiger partial charge in [-0.2, -0.15) is 0 Å². The van der Waals surface area contributed by atoms with E-state index in [1.165, 1.54) is 45.2 Å². The summed E-state index contributed by atoms with van der Waals surface area (Å²) in [5, 5.41) is 4.31. The molecule has 27 heavy (non-hydrogen) atoms. The van der Waals surface area contributed by atoms with Crippen LogP contribution in [0.2, 0.25) is 0 Å². The van der Waals surface area contributed by atoms with E-state index >= 15 is 0 Å². The van der Waals surface area contributed by atoms with E-state index in [1.807, 2.05) is 18.3 Å². The van der Waals surface area contributed by atoms with Crippen molar-refractivity contribution in [1.82, 2.24) is 14.8 Å². The Morgan fingerprint density at radius 1 is 1.19 bits per heavy atom. The number of aromatic nitrogens is 1. The van der Waals surface area contributed by atoms with E-state index in [-0.39, 0.29) is 5.91 Å². The Bertz CT molecular complexity index is 783. The lowest BCUT2D eigenvalue weighted by atomic mass is 9.83. The van der Waals surface area contributed by atoms with Gasteiger partial charge in [-0.25, -0.2) is 0 Å². The number of aryl methyl sites for hydroxylation is 1. The van der Waals surface area contributed by atoms with Crippen LogP contribution >= 0.6 is 0 Å². The SMILES string of the molecule is COc1cccc2c1ccn2CCC(=O)NCC1CCCN2CCCCC12. The lowest BCUT2D eigenvalue weighted by Gasteiger charge is -2.44. The number of nitrogens with zero attached hydrogens (tertiary/aromatic N) is 2. The highest BCUT2D eigenvalue weighted by molar-refractivity contribution is 5.86. The second-order valence-electron chi connectivity index (χ2n) is 7.96. The van der Waals surface area contributed by atoms with Gasteiger partial charge in [0.2, 0.25) is 5.91 Å². The number of hydrogen-bond donors (Lipinski definition) is 1. The van der Waals surface area contributed by atoms with Crippen LogP contribution in [0.15, 0.2) is 30.5 Å². The third-order valence-corrected chi connectivity index (χ3v) is 6.36. The first kappa shape index (κ1) is 18.4. The highest BCUT2D eigenvalue weighted by atomic mass is 16.5. The minimum Gasteiger partial charge on any atom is -0.496 e. The average molecular weight is 370 g/mol. The van der Waals surface area contributed by atoms with Gasteiger partial charge in [0.25, 0.3) is 0 Å². The number of piperidine rings is 2. The number of carbonyl (C=O) groups is 1. The summed E-state index contributed by atoms with van der Waals surface area (Å²) in [4.78, 5) is 15.1. The number of rotatable bonds is 6. The molecular formula is C22H31N3O2. The first-order chi connectivity index (χ1) is 13.3. The largest absolute Gasteiger partial charge is 0.496 e. The molecule has 146 valence electrons. The summed E-state index contributed by atoms with van der Waals surface area (Å²) in [7, 11) is 1.69. The van der Waals surface area contributed by atoms with Gasteiger partial charge in [-0.15, -0.1) is 0 Å². The zero-order valence-corrected chi connectivity index (χ0v) is 16.3. The molecule has 4 rings (SSSR count). The van der Waals surface area contributed by atoms with Gasteiger partial charge in [0.05, 0.1) is 12.6 Å². The van der Waals surface area contributed by atoms with Crippen LogP contribution in [0, 0.1) is 5.92 Å². The van der Waals surface area contributed by atoms with Crippen molar-refractivity contribution in [2.45, 2.75) is 51.1 Å². The van der Waals surface area contributed by atoms with Gasteiger partial charge >= 0.3 is 0 Å². The minimum absolute atomic E-state index is 0.160. The monoisotopic (exact) mass is 369 g/mol. The lowest BCUT2D eigenvalue weighted by Crippen LogP contribution is -2.51. The van der Waals surface area contributed by atoms with Crippen molar-refractivity contribution >= 4 is 16.8 Å². The standard InChI is InChI=1S/C22H31N3O2/c1-27-21-9-4-8-20-18(21)10-14-25(20)15-11-22(26)23-16-17-6-5-13-24-12-3-2-7-19(17)24/h4,8-10,14,17,19H,2-3,5-7,11-13,15-16H2,1H3,(H,23,26). The first-order valence-corrected chi connectivity index (χ1v) is 10.4. The Balaban J connectivity index is 1.30. The molecule has 1 N–H and O–H groups in total. The zero-order valence-electron chi connectivity index (χ0n) is 16.3. The van der Waals surface area contributed by atoms with Crippen LogP contribution in [-0.2, 0) is 11.3 Å². The van der Waals surface area contributed by atoms with Gasteiger partial charge in [-0.05, 0) is 62.9 Å². The maximum Gasteiger partial charge on any atom is 0.221 e. The summed E-state index contributed by atoms with van der Waals surface area (Å²) in [5.74, 6) is 1.66. The van der Waals surface area contributed by atoms with E-state index in [0.29, 0.717) is 24.9 Å². The molecule has 1 amide bonds. The number of amides is 1. The number of benzene rings is 1. The third kappa shape index (κ3) is 3.98. The molecule has 0 spiro atoms. The van der Waals surface area contributed by atoms with E-state index in [9.17, 15) is 4.79 Å². The molecule has 1 aromatic carbocycles. The Morgan fingerprint density at radius 2 is 2.07 bits per heavy atom. The maximum absolute atomic E-state index is 12.4. The van der Waals surface area contributed by atoms with Crippen molar-refractivity contribution in [2.75, 3.05) is 26.7 Å². The molecular weight excluding hydrogens is 338 g/mol. The molecule has 2 atom stereocenters. The minimum atomic E-state index is 0.160. The fraction of sp³-hybridized carbons (Fsp3) is 0.591. The van der Waals surface area contributed by atoms with E-state index in [1.54, 1.807) is 7.11 Å². The summed E-state index contributed by atoms with van der Waals surface area (Å²) in [6.45, 7) is 4.03. The third-order valence-electron chi connectivity index (χ3n) is 6.36. The van der Waals surface area contributed by atoms with Gasteiger partial charge < -0.3 is 19.5 Å². The molecule has 2 unspecified atom stereocenters. The highest BCUT2D eigenvalue weighted by Gasteiger charge is 2.32. The zero-order chi connectivity index (χ0) is 18.6. The number of fused-ring (bicyclic) bond motifs is 2. The maximum atomic E-state index is 12.4. The smallest absolute Gasteiger partial charge is 0.221 e. The second-order valence-corrected chi connectivity index (χ2v) is 7.96. The molecule has 2 aliphatic heterocycles. The summed E-state index contributed by atoms with van der Waals surface area (Å²) >= 11 is 0. The van der Waals surface area contributed by atoms with Crippen LogP contribution in [0.5, 0.6) is 5.75 Å².